The molecule has 0 spiro atoms. The first-order valence-electron chi connectivity index (χ1n) is 7.11. The molecule has 0 aliphatic rings. The van der Waals surface area contributed by atoms with Gasteiger partial charge < -0.3 is 0 Å². The molecule has 0 bridgehead atoms. The van der Waals surface area contributed by atoms with E-state index in [1.165, 1.54) is 25.0 Å². The molecular weight excluding hydrogens is 344 g/mol. The van der Waals surface area contributed by atoms with Crippen molar-refractivity contribution < 1.29 is 9.59 Å². The lowest BCUT2D eigenvalue weighted by Crippen LogP contribution is -2.41. The van der Waals surface area contributed by atoms with Gasteiger partial charge in [-0.1, -0.05) is 42.1 Å². The zero-order chi connectivity index (χ0) is 16.9. The molecule has 122 valence electrons. The number of aromatic nitrogens is 2. The number of thiophene rings is 1. The molecule has 24 heavy (non-hydrogen) atoms. The summed E-state index contributed by atoms with van der Waals surface area (Å²) in [6, 6.07) is 10.0. The Hall–Kier alpha value is -2.45. The fraction of sp³-hybridized carbons (Fsp3) is 0.125. The summed E-state index contributed by atoms with van der Waals surface area (Å²) in [5.74, 6) is -0.461. The lowest BCUT2D eigenvalue weighted by molar-refractivity contribution is -0.126. The van der Waals surface area contributed by atoms with E-state index in [1.807, 2.05) is 30.3 Å². The van der Waals surface area contributed by atoms with Crippen LogP contribution in [0.15, 0.2) is 47.1 Å². The van der Waals surface area contributed by atoms with Crippen molar-refractivity contribution >= 4 is 45.1 Å². The molecule has 2 aromatic heterocycles. The smallest absolute Gasteiger partial charge is 0.248 e. The second-order valence-corrected chi connectivity index (χ2v) is 6.71. The minimum atomic E-state index is -0.318. The molecule has 8 heteroatoms. The summed E-state index contributed by atoms with van der Waals surface area (Å²) in [7, 11) is 0. The van der Waals surface area contributed by atoms with Crippen LogP contribution in [0.4, 0.5) is 0 Å². The van der Waals surface area contributed by atoms with Crippen molar-refractivity contribution in [3.63, 3.8) is 0 Å². The summed E-state index contributed by atoms with van der Waals surface area (Å²) in [6.45, 7) is 1.33. The first kappa shape index (κ1) is 16.4. The Morgan fingerprint density at radius 3 is 2.71 bits per heavy atom. The number of hydrogen-bond donors (Lipinski definition) is 2. The van der Waals surface area contributed by atoms with Gasteiger partial charge in [0.2, 0.25) is 11.8 Å². The average Bonchev–Trinajstić information content (AvgIpc) is 3.03. The third kappa shape index (κ3) is 3.72. The Kier molecular flexibility index (Phi) is 5.07. The fourth-order valence-electron chi connectivity index (χ4n) is 2.11. The largest absolute Gasteiger partial charge is 0.274 e. The lowest BCUT2D eigenvalue weighted by atomic mass is 10.1. The molecule has 0 atom stereocenters. The van der Waals surface area contributed by atoms with Gasteiger partial charge in [0.15, 0.2) is 0 Å². The number of carbonyl (C=O) groups excluding carboxylic acids is 2. The molecule has 0 fully saturated rings. The Labute approximate surface area is 146 Å². The molecule has 0 radical (unpaired) electrons. The first-order valence-corrected chi connectivity index (χ1v) is 8.97. The van der Waals surface area contributed by atoms with Gasteiger partial charge in [0.05, 0.1) is 11.1 Å². The molecule has 3 aromatic rings. The third-order valence-corrected chi connectivity index (χ3v) is 5.01. The first-order chi connectivity index (χ1) is 11.6. The Bertz CT molecular complexity index is 880. The van der Waals surface area contributed by atoms with E-state index in [-0.39, 0.29) is 17.6 Å². The van der Waals surface area contributed by atoms with E-state index in [2.05, 4.69) is 26.2 Å². The lowest BCUT2D eigenvalue weighted by Gasteiger charge is -2.06. The summed E-state index contributed by atoms with van der Waals surface area (Å²) in [6.07, 6.45) is 1.50. The van der Waals surface area contributed by atoms with E-state index in [0.717, 1.165) is 26.4 Å². The van der Waals surface area contributed by atoms with Gasteiger partial charge in [0.25, 0.3) is 0 Å². The minimum Gasteiger partial charge on any atom is -0.274 e. The second-order valence-electron chi connectivity index (χ2n) is 4.89. The van der Waals surface area contributed by atoms with Gasteiger partial charge in [-0.2, -0.15) is 0 Å². The number of fused-ring (bicyclic) bond motifs is 1. The van der Waals surface area contributed by atoms with Crippen LogP contribution in [-0.2, 0) is 9.59 Å². The predicted molar refractivity (Wildman–Crippen MR) is 95.5 cm³/mol. The van der Waals surface area contributed by atoms with Gasteiger partial charge in [0, 0.05) is 17.9 Å². The van der Waals surface area contributed by atoms with E-state index in [1.54, 1.807) is 11.3 Å². The van der Waals surface area contributed by atoms with E-state index < -0.39 is 0 Å². The van der Waals surface area contributed by atoms with Crippen molar-refractivity contribution in [3.8, 4) is 11.1 Å². The average molecular weight is 358 g/mol. The van der Waals surface area contributed by atoms with Crippen molar-refractivity contribution in [1.82, 2.24) is 20.8 Å². The number of benzene rings is 1. The molecular formula is C16H14N4O2S2. The maximum Gasteiger partial charge on any atom is 0.248 e. The van der Waals surface area contributed by atoms with Gasteiger partial charge in [-0.3, -0.25) is 20.4 Å². The van der Waals surface area contributed by atoms with E-state index >= 15 is 0 Å². The summed E-state index contributed by atoms with van der Waals surface area (Å²) in [4.78, 5) is 32.1. The van der Waals surface area contributed by atoms with Crippen LogP contribution in [0.2, 0.25) is 0 Å². The number of nitrogens with one attached hydrogen (secondary N) is 2. The number of carbonyl (C=O) groups is 2. The number of hydrogen-bond acceptors (Lipinski definition) is 6. The summed E-state index contributed by atoms with van der Waals surface area (Å²) >= 11 is 2.86. The SMILES string of the molecule is CC(=O)NNC(=O)CSc1ncnc2scc(-c3ccccc3)c12. The highest BCUT2D eigenvalue weighted by Crippen LogP contribution is 2.37. The van der Waals surface area contributed by atoms with Crippen molar-refractivity contribution in [2.24, 2.45) is 0 Å². The standard InChI is InChI=1S/C16H14N4O2S2/c1-10(21)19-20-13(22)8-24-16-14-12(11-5-3-2-4-6-11)7-23-15(14)17-9-18-16/h2-7,9H,8H2,1H3,(H,19,21)(H,20,22). The molecule has 2 N–H and O–H groups in total. The Morgan fingerprint density at radius 1 is 1.17 bits per heavy atom. The number of rotatable bonds is 4. The maximum absolute atomic E-state index is 11.8. The number of thioether (sulfide) groups is 1. The van der Waals surface area contributed by atoms with Gasteiger partial charge in [0.1, 0.15) is 16.2 Å². The molecule has 3 rings (SSSR count). The molecule has 2 amide bonds. The number of hydrazine groups is 1. The Morgan fingerprint density at radius 2 is 1.96 bits per heavy atom. The van der Waals surface area contributed by atoms with Gasteiger partial charge in [-0.05, 0) is 5.56 Å². The summed E-state index contributed by atoms with van der Waals surface area (Å²) in [5.41, 5.74) is 6.75. The van der Waals surface area contributed by atoms with Gasteiger partial charge in [-0.15, -0.1) is 11.3 Å². The monoisotopic (exact) mass is 358 g/mol. The van der Waals surface area contributed by atoms with Crippen molar-refractivity contribution in [2.45, 2.75) is 11.9 Å². The van der Waals surface area contributed by atoms with Crippen LogP contribution in [0.5, 0.6) is 0 Å². The topological polar surface area (TPSA) is 84.0 Å². The number of nitrogens with zero attached hydrogens (tertiary/aromatic N) is 2. The van der Waals surface area contributed by atoms with Crippen molar-refractivity contribution in [1.29, 1.82) is 0 Å². The van der Waals surface area contributed by atoms with E-state index in [0.29, 0.717) is 0 Å². The molecule has 0 saturated carbocycles. The van der Waals surface area contributed by atoms with Gasteiger partial charge >= 0.3 is 0 Å². The van der Waals surface area contributed by atoms with Crippen LogP contribution >= 0.6 is 23.1 Å². The normalized spacial score (nSPS) is 10.5. The van der Waals surface area contributed by atoms with Crippen LogP contribution in [-0.4, -0.2) is 27.5 Å². The van der Waals surface area contributed by atoms with Crippen LogP contribution < -0.4 is 10.9 Å². The quantitative estimate of drug-likeness (QED) is 0.425. The highest BCUT2D eigenvalue weighted by molar-refractivity contribution is 8.00. The zero-order valence-electron chi connectivity index (χ0n) is 12.8. The minimum absolute atomic E-state index is 0.149. The molecule has 1 aromatic carbocycles. The van der Waals surface area contributed by atoms with Crippen LogP contribution in [0.25, 0.3) is 21.3 Å². The fourth-order valence-corrected chi connectivity index (χ4v) is 3.91. The van der Waals surface area contributed by atoms with Crippen molar-refractivity contribution in [3.05, 3.63) is 42.0 Å². The molecule has 0 saturated heterocycles. The van der Waals surface area contributed by atoms with Crippen molar-refractivity contribution in [2.75, 3.05) is 5.75 Å². The molecule has 0 aliphatic heterocycles. The zero-order valence-corrected chi connectivity index (χ0v) is 14.4. The Balaban J connectivity index is 1.85. The number of amides is 2. The van der Waals surface area contributed by atoms with Gasteiger partial charge in [-0.25, -0.2) is 9.97 Å². The van der Waals surface area contributed by atoms with Crippen LogP contribution in [0.3, 0.4) is 0 Å². The van der Waals surface area contributed by atoms with E-state index in [9.17, 15) is 9.59 Å². The molecule has 6 nitrogen and oxygen atoms in total. The summed E-state index contributed by atoms with van der Waals surface area (Å²) in [5, 5.41) is 3.75. The highest BCUT2D eigenvalue weighted by atomic mass is 32.2. The molecule has 0 aliphatic carbocycles. The van der Waals surface area contributed by atoms with Crippen LogP contribution in [0.1, 0.15) is 6.92 Å². The third-order valence-electron chi connectivity index (χ3n) is 3.14. The summed E-state index contributed by atoms with van der Waals surface area (Å²) < 4.78 is 0. The second kappa shape index (κ2) is 7.41. The van der Waals surface area contributed by atoms with E-state index in [4.69, 9.17) is 0 Å². The molecule has 2 heterocycles. The predicted octanol–water partition coefficient (Wildman–Crippen LogP) is 2.62. The maximum atomic E-state index is 11.8. The molecule has 0 unspecified atom stereocenters. The highest BCUT2D eigenvalue weighted by Gasteiger charge is 2.14. The van der Waals surface area contributed by atoms with Crippen LogP contribution in [0, 0.1) is 0 Å².